The third kappa shape index (κ3) is 2.86. The summed E-state index contributed by atoms with van der Waals surface area (Å²) >= 11 is 0. The normalized spacial score (nSPS) is 19.9. The van der Waals surface area contributed by atoms with Gasteiger partial charge in [-0.1, -0.05) is 78.9 Å². The molecular formula is C22H18N2O2. The number of hydrogen-bond donors (Lipinski definition) is 1. The fourth-order valence-electron chi connectivity index (χ4n) is 3.51. The Kier molecular flexibility index (Phi) is 4.23. The van der Waals surface area contributed by atoms with Gasteiger partial charge >= 0.3 is 6.03 Å². The molecule has 1 aliphatic heterocycles. The predicted molar refractivity (Wildman–Crippen MR) is 101 cm³/mol. The van der Waals surface area contributed by atoms with Crippen LogP contribution in [0.5, 0.6) is 0 Å². The number of hydrogen-bond acceptors (Lipinski definition) is 2. The molecule has 26 heavy (non-hydrogen) atoms. The van der Waals surface area contributed by atoms with Crippen LogP contribution in [-0.2, 0) is 4.79 Å². The lowest BCUT2D eigenvalue weighted by molar-refractivity contribution is -0.122. The summed E-state index contributed by atoms with van der Waals surface area (Å²) in [4.78, 5) is 27.2. The molecule has 0 radical (unpaired) electrons. The summed E-state index contributed by atoms with van der Waals surface area (Å²) in [7, 11) is 0. The van der Waals surface area contributed by atoms with Crippen LogP contribution in [0, 0.1) is 0 Å². The van der Waals surface area contributed by atoms with Gasteiger partial charge in [0, 0.05) is 5.69 Å². The van der Waals surface area contributed by atoms with E-state index in [9.17, 15) is 9.59 Å². The lowest BCUT2D eigenvalue weighted by Crippen LogP contribution is -2.55. The highest BCUT2D eigenvalue weighted by atomic mass is 16.2. The quantitative estimate of drug-likeness (QED) is 0.773. The van der Waals surface area contributed by atoms with Crippen molar-refractivity contribution in [2.24, 2.45) is 0 Å². The molecule has 3 amide bonds. The number of urea groups is 1. The molecule has 4 nitrogen and oxygen atoms in total. The van der Waals surface area contributed by atoms with Crippen LogP contribution in [0.2, 0.25) is 0 Å². The van der Waals surface area contributed by atoms with E-state index >= 15 is 0 Å². The number of nitrogens with one attached hydrogen (secondary N) is 1. The van der Waals surface area contributed by atoms with Crippen molar-refractivity contribution in [1.82, 2.24) is 5.32 Å². The van der Waals surface area contributed by atoms with Gasteiger partial charge in [0.25, 0.3) is 0 Å². The summed E-state index contributed by atoms with van der Waals surface area (Å²) in [6.45, 7) is 0. The summed E-state index contributed by atoms with van der Waals surface area (Å²) in [6.07, 6.45) is 0. The Morgan fingerprint density at radius 2 is 1.15 bits per heavy atom. The molecule has 3 aromatic carbocycles. The molecule has 3 aromatic rings. The molecule has 4 rings (SSSR count). The minimum Gasteiger partial charge on any atom is -0.286 e. The van der Waals surface area contributed by atoms with Crippen LogP contribution in [0.3, 0.4) is 0 Å². The minimum atomic E-state index is -0.489. The number of benzene rings is 3. The number of imide groups is 1. The van der Waals surface area contributed by atoms with Crippen LogP contribution in [0.15, 0.2) is 91.0 Å². The smallest absolute Gasteiger partial charge is 0.286 e. The summed E-state index contributed by atoms with van der Waals surface area (Å²) in [5, 5.41) is 2.52. The second kappa shape index (κ2) is 6.84. The number of para-hydroxylation sites is 1. The van der Waals surface area contributed by atoms with E-state index in [2.05, 4.69) is 5.32 Å². The first-order chi connectivity index (χ1) is 12.8. The molecule has 0 aliphatic carbocycles. The molecule has 1 N–H and O–H groups in total. The Hall–Kier alpha value is -3.40. The maximum absolute atomic E-state index is 12.8. The van der Waals surface area contributed by atoms with E-state index in [1.807, 2.05) is 91.0 Å². The zero-order valence-electron chi connectivity index (χ0n) is 14.1. The van der Waals surface area contributed by atoms with E-state index < -0.39 is 18.0 Å². The van der Waals surface area contributed by atoms with Crippen LogP contribution < -0.4 is 10.2 Å². The summed E-state index contributed by atoms with van der Waals surface area (Å²) in [5.41, 5.74) is 2.56. The van der Waals surface area contributed by atoms with Crippen molar-refractivity contribution in [1.29, 1.82) is 0 Å². The van der Waals surface area contributed by atoms with Crippen molar-refractivity contribution in [3.05, 3.63) is 102 Å². The molecule has 128 valence electrons. The lowest BCUT2D eigenvalue weighted by Gasteiger charge is -2.40. The molecule has 0 unspecified atom stereocenters. The average Bonchev–Trinajstić information content (AvgIpc) is 2.69. The van der Waals surface area contributed by atoms with Crippen molar-refractivity contribution < 1.29 is 9.59 Å². The minimum absolute atomic E-state index is 0.276. The molecule has 1 heterocycles. The largest absolute Gasteiger partial charge is 0.329 e. The molecule has 0 saturated carbocycles. The second-order valence-corrected chi connectivity index (χ2v) is 6.24. The zero-order valence-corrected chi connectivity index (χ0v) is 14.1. The van der Waals surface area contributed by atoms with E-state index in [1.54, 1.807) is 4.90 Å². The standard InChI is InChI=1S/C22H18N2O2/c25-21-19(16-10-4-1-5-11-16)20(17-12-6-2-7-13-17)24(22(26)23-21)18-14-8-3-9-15-18/h1-15,19-20H,(H,23,25,26)/t19-,20-/m1/s1. The van der Waals surface area contributed by atoms with E-state index in [0.717, 1.165) is 16.8 Å². The number of amides is 3. The average molecular weight is 342 g/mol. The van der Waals surface area contributed by atoms with E-state index in [-0.39, 0.29) is 5.91 Å². The van der Waals surface area contributed by atoms with Crippen molar-refractivity contribution in [3.63, 3.8) is 0 Å². The first kappa shape index (κ1) is 16.1. The van der Waals surface area contributed by atoms with Crippen LogP contribution in [0.1, 0.15) is 23.1 Å². The molecule has 1 saturated heterocycles. The van der Waals surface area contributed by atoms with Crippen LogP contribution >= 0.6 is 0 Å². The molecule has 0 aromatic heterocycles. The predicted octanol–water partition coefficient (Wildman–Crippen LogP) is 4.27. The second-order valence-electron chi connectivity index (χ2n) is 6.24. The molecule has 0 spiro atoms. The number of nitrogens with zero attached hydrogens (tertiary/aromatic N) is 1. The molecule has 4 heteroatoms. The summed E-state index contributed by atoms with van der Waals surface area (Å²) < 4.78 is 0. The van der Waals surface area contributed by atoms with Gasteiger partial charge in [-0.3, -0.25) is 15.0 Å². The highest BCUT2D eigenvalue weighted by Crippen LogP contribution is 2.41. The van der Waals surface area contributed by atoms with Crippen molar-refractivity contribution in [2.45, 2.75) is 12.0 Å². The van der Waals surface area contributed by atoms with Gasteiger partial charge in [-0.05, 0) is 23.3 Å². The van der Waals surface area contributed by atoms with Crippen molar-refractivity contribution >= 4 is 17.6 Å². The molecule has 0 bridgehead atoms. The fourth-order valence-corrected chi connectivity index (χ4v) is 3.51. The summed E-state index contributed by atoms with van der Waals surface area (Å²) in [5.74, 6) is -0.765. The van der Waals surface area contributed by atoms with Gasteiger partial charge in [0.15, 0.2) is 0 Å². The van der Waals surface area contributed by atoms with Crippen LogP contribution in [-0.4, -0.2) is 11.9 Å². The number of anilines is 1. The number of carbonyl (C=O) groups excluding carboxylic acids is 2. The van der Waals surface area contributed by atoms with E-state index in [1.165, 1.54) is 0 Å². The molecule has 1 fully saturated rings. The van der Waals surface area contributed by atoms with Crippen molar-refractivity contribution in [2.75, 3.05) is 4.90 Å². The maximum atomic E-state index is 12.8. The maximum Gasteiger partial charge on any atom is 0.329 e. The summed E-state index contributed by atoms with van der Waals surface area (Å²) in [6, 6.07) is 27.9. The Morgan fingerprint density at radius 3 is 1.73 bits per heavy atom. The monoisotopic (exact) mass is 342 g/mol. The fraction of sp³-hybridized carbons (Fsp3) is 0.0909. The van der Waals surface area contributed by atoms with Gasteiger partial charge in [-0.15, -0.1) is 0 Å². The molecule has 1 aliphatic rings. The first-order valence-corrected chi connectivity index (χ1v) is 8.55. The van der Waals surface area contributed by atoms with Gasteiger partial charge in [-0.2, -0.15) is 0 Å². The Morgan fingerprint density at radius 1 is 0.654 bits per heavy atom. The van der Waals surface area contributed by atoms with Gasteiger partial charge in [0.1, 0.15) is 0 Å². The van der Waals surface area contributed by atoms with E-state index in [4.69, 9.17) is 0 Å². The van der Waals surface area contributed by atoms with Gasteiger partial charge in [0.05, 0.1) is 12.0 Å². The third-order valence-electron chi connectivity index (χ3n) is 4.66. The van der Waals surface area contributed by atoms with Crippen LogP contribution in [0.4, 0.5) is 10.5 Å². The third-order valence-corrected chi connectivity index (χ3v) is 4.66. The molecule has 2 atom stereocenters. The number of rotatable bonds is 3. The topological polar surface area (TPSA) is 49.4 Å². The Labute approximate surface area is 152 Å². The highest BCUT2D eigenvalue weighted by Gasteiger charge is 2.43. The lowest BCUT2D eigenvalue weighted by atomic mass is 9.83. The Bertz CT molecular complexity index is 853. The number of carbonyl (C=O) groups is 2. The molecular weight excluding hydrogens is 324 g/mol. The SMILES string of the molecule is O=C1NC(=O)N(c2ccccc2)[C@H](c2ccccc2)[C@H]1c1ccccc1. The van der Waals surface area contributed by atoms with Crippen molar-refractivity contribution in [3.8, 4) is 0 Å². The van der Waals surface area contributed by atoms with Gasteiger partial charge in [0.2, 0.25) is 5.91 Å². The highest BCUT2D eigenvalue weighted by molar-refractivity contribution is 6.09. The van der Waals surface area contributed by atoms with E-state index in [0.29, 0.717) is 0 Å². The van der Waals surface area contributed by atoms with Gasteiger partial charge < -0.3 is 0 Å². The first-order valence-electron chi connectivity index (χ1n) is 8.55. The zero-order chi connectivity index (χ0) is 17.9. The van der Waals surface area contributed by atoms with Gasteiger partial charge in [-0.25, -0.2) is 4.79 Å². The van der Waals surface area contributed by atoms with Crippen LogP contribution in [0.25, 0.3) is 0 Å². The Balaban J connectivity index is 1.89.